The van der Waals surface area contributed by atoms with Crippen molar-refractivity contribution in [3.05, 3.63) is 54.1 Å². The molecule has 0 saturated heterocycles. The summed E-state index contributed by atoms with van der Waals surface area (Å²) >= 11 is 0. The van der Waals surface area contributed by atoms with Gasteiger partial charge in [0.05, 0.1) is 11.4 Å². The predicted molar refractivity (Wildman–Crippen MR) is 86.0 cm³/mol. The maximum absolute atomic E-state index is 12.0. The van der Waals surface area contributed by atoms with Crippen LogP contribution in [0.1, 0.15) is 18.5 Å². The van der Waals surface area contributed by atoms with Crippen molar-refractivity contribution in [3.8, 4) is 0 Å². The van der Waals surface area contributed by atoms with Gasteiger partial charge in [0.25, 0.3) is 0 Å². The summed E-state index contributed by atoms with van der Waals surface area (Å²) < 4.78 is 0. The Labute approximate surface area is 124 Å². The Bertz CT molecular complexity index is 669. The lowest BCUT2D eigenvalue weighted by atomic mass is 10.0. The Hall–Kier alpha value is -2.33. The zero-order chi connectivity index (χ0) is 14.8. The monoisotopic (exact) mass is 281 g/mol. The van der Waals surface area contributed by atoms with Gasteiger partial charge in [0, 0.05) is 11.7 Å². The van der Waals surface area contributed by atoms with E-state index in [0.717, 1.165) is 17.1 Å². The molecule has 108 valence electrons. The molecular weight excluding hydrogens is 262 g/mol. The third kappa shape index (κ3) is 2.50. The predicted octanol–water partition coefficient (Wildman–Crippen LogP) is 3.06. The highest BCUT2D eigenvalue weighted by molar-refractivity contribution is 6.03. The Morgan fingerprint density at radius 2 is 1.76 bits per heavy atom. The normalized spacial score (nSPS) is 15.3. The van der Waals surface area contributed by atoms with Gasteiger partial charge < -0.3 is 15.5 Å². The fraction of sp³-hybridized carbons (Fsp3) is 0.235. The van der Waals surface area contributed by atoms with Gasteiger partial charge in [0.2, 0.25) is 5.91 Å². The summed E-state index contributed by atoms with van der Waals surface area (Å²) in [5.41, 5.74) is 4.15. The van der Waals surface area contributed by atoms with E-state index in [4.69, 9.17) is 0 Å². The summed E-state index contributed by atoms with van der Waals surface area (Å²) in [6.07, 6.45) is 0. The Kier molecular flexibility index (Phi) is 3.62. The van der Waals surface area contributed by atoms with Gasteiger partial charge in [-0.3, -0.25) is 4.79 Å². The quantitative estimate of drug-likeness (QED) is 0.909. The van der Waals surface area contributed by atoms with Gasteiger partial charge in [-0.25, -0.2) is 0 Å². The lowest BCUT2D eigenvalue weighted by Gasteiger charge is -2.33. The number of rotatable bonds is 3. The molecule has 2 aromatic carbocycles. The SMILES string of the molecule is CNC(C)c1ccccc1N1CC(=O)Nc2ccccc21. The Morgan fingerprint density at radius 3 is 2.52 bits per heavy atom. The summed E-state index contributed by atoms with van der Waals surface area (Å²) in [5, 5.41) is 6.19. The summed E-state index contributed by atoms with van der Waals surface area (Å²) in [7, 11) is 1.94. The highest BCUT2D eigenvalue weighted by Gasteiger charge is 2.25. The van der Waals surface area contributed by atoms with Crippen LogP contribution in [0.4, 0.5) is 17.1 Å². The average molecular weight is 281 g/mol. The van der Waals surface area contributed by atoms with E-state index >= 15 is 0 Å². The molecule has 21 heavy (non-hydrogen) atoms. The highest BCUT2D eigenvalue weighted by atomic mass is 16.2. The van der Waals surface area contributed by atoms with Gasteiger partial charge in [-0.05, 0) is 37.7 Å². The highest BCUT2D eigenvalue weighted by Crippen LogP contribution is 2.37. The van der Waals surface area contributed by atoms with E-state index in [1.165, 1.54) is 5.56 Å². The van der Waals surface area contributed by atoms with E-state index in [1.54, 1.807) is 0 Å². The fourth-order valence-corrected chi connectivity index (χ4v) is 2.70. The average Bonchev–Trinajstić information content (AvgIpc) is 2.53. The molecule has 1 amide bonds. The number of para-hydroxylation sites is 3. The molecule has 0 bridgehead atoms. The molecule has 0 spiro atoms. The number of amides is 1. The van der Waals surface area contributed by atoms with Crippen LogP contribution in [0.25, 0.3) is 0 Å². The van der Waals surface area contributed by atoms with Crippen molar-refractivity contribution in [3.63, 3.8) is 0 Å². The van der Waals surface area contributed by atoms with Crippen LogP contribution in [-0.2, 0) is 4.79 Å². The molecule has 1 heterocycles. The van der Waals surface area contributed by atoms with E-state index in [-0.39, 0.29) is 11.9 Å². The van der Waals surface area contributed by atoms with Crippen molar-refractivity contribution >= 4 is 23.0 Å². The first kappa shape index (κ1) is 13.6. The molecule has 0 aromatic heterocycles. The van der Waals surface area contributed by atoms with Crippen LogP contribution >= 0.6 is 0 Å². The second-order valence-electron chi connectivity index (χ2n) is 5.22. The van der Waals surface area contributed by atoms with Crippen LogP contribution in [0.2, 0.25) is 0 Å². The Morgan fingerprint density at radius 1 is 1.10 bits per heavy atom. The lowest BCUT2D eigenvalue weighted by Crippen LogP contribution is -2.35. The van der Waals surface area contributed by atoms with Crippen LogP contribution in [0.5, 0.6) is 0 Å². The molecule has 1 unspecified atom stereocenters. The summed E-state index contributed by atoms with van der Waals surface area (Å²) in [4.78, 5) is 14.1. The standard InChI is InChI=1S/C17H19N3O/c1-12(18-2)13-7-3-5-9-15(13)20-11-17(21)19-14-8-4-6-10-16(14)20/h3-10,12,18H,11H2,1-2H3,(H,19,21). The summed E-state index contributed by atoms with van der Waals surface area (Å²) in [6, 6.07) is 16.3. The fourth-order valence-electron chi connectivity index (χ4n) is 2.70. The molecule has 1 aliphatic rings. The van der Waals surface area contributed by atoms with E-state index in [2.05, 4.69) is 34.6 Å². The van der Waals surface area contributed by atoms with Crippen molar-refractivity contribution < 1.29 is 4.79 Å². The number of nitrogens with one attached hydrogen (secondary N) is 2. The number of hydrogen-bond donors (Lipinski definition) is 2. The molecule has 2 N–H and O–H groups in total. The van der Waals surface area contributed by atoms with Crippen molar-refractivity contribution in [2.45, 2.75) is 13.0 Å². The van der Waals surface area contributed by atoms with E-state index in [1.807, 2.05) is 43.4 Å². The van der Waals surface area contributed by atoms with Crippen LogP contribution in [0, 0.1) is 0 Å². The molecule has 3 rings (SSSR count). The van der Waals surface area contributed by atoms with Gasteiger partial charge in [-0.1, -0.05) is 30.3 Å². The van der Waals surface area contributed by atoms with Crippen molar-refractivity contribution in [1.82, 2.24) is 5.32 Å². The molecule has 4 heteroatoms. The van der Waals surface area contributed by atoms with Gasteiger partial charge in [-0.2, -0.15) is 0 Å². The first-order valence-corrected chi connectivity index (χ1v) is 7.13. The maximum atomic E-state index is 12.0. The van der Waals surface area contributed by atoms with Crippen molar-refractivity contribution in [2.75, 3.05) is 23.8 Å². The lowest BCUT2D eigenvalue weighted by molar-refractivity contribution is -0.115. The topological polar surface area (TPSA) is 44.4 Å². The van der Waals surface area contributed by atoms with Gasteiger partial charge in [0.15, 0.2) is 0 Å². The van der Waals surface area contributed by atoms with Crippen LogP contribution < -0.4 is 15.5 Å². The first-order chi connectivity index (χ1) is 10.2. The number of nitrogens with zero attached hydrogens (tertiary/aromatic N) is 1. The number of hydrogen-bond acceptors (Lipinski definition) is 3. The van der Waals surface area contributed by atoms with Crippen LogP contribution in [0.15, 0.2) is 48.5 Å². The molecule has 0 aliphatic carbocycles. The van der Waals surface area contributed by atoms with Gasteiger partial charge in [0.1, 0.15) is 6.54 Å². The molecular formula is C17H19N3O. The molecule has 0 radical (unpaired) electrons. The number of benzene rings is 2. The third-order valence-electron chi connectivity index (χ3n) is 3.90. The number of carbonyl (C=O) groups is 1. The minimum atomic E-state index is 0.0145. The molecule has 1 atom stereocenters. The first-order valence-electron chi connectivity index (χ1n) is 7.13. The number of fused-ring (bicyclic) bond motifs is 1. The van der Waals surface area contributed by atoms with Crippen LogP contribution in [0.3, 0.4) is 0 Å². The minimum absolute atomic E-state index is 0.0145. The minimum Gasteiger partial charge on any atom is -0.330 e. The second kappa shape index (κ2) is 5.58. The van der Waals surface area contributed by atoms with E-state index in [0.29, 0.717) is 6.54 Å². The number of carbonyl (C=O) groups excluding carboxylic acids is 1. The second-order valence-corrected chi connectivity index (χ2v) is 5.22. The molecule has 4 nitrogen and oxygen atoms in total. The van der Waals surface area contributed by atoms with Crippen molar-refractivity contribution in [1.29, 1.82) is 0 Å². The van der Waals surface area contributed by atoms with E-state index in [9.17, 15) is 4.79 Å². The summed E-state index contributed by atoms with van der Waals surface area (Å²) in [6.45, 7) is 2.46. The van der Waals surface area contributed by atoms with E-state index < -0.39 is 0 Å². The smallest absolute Gasteiger partial charge is 0.244 e. The Balaban J connectivity index is 2.11. The molecule has 1 aliphatic heterocycles. The number of anilines is 3. The molecule has 0 saturated carbocycles. The van der Waals surface area contributed by atoms with Gasteiger partial charge in [-0.15, -0.1) is 0 Å². The largest absolute Gasteiger partial charge is 0.330 e. The van der Waals surface area contributed by atoms with Crippen molar-refractivity contribution in [2.24, 2.45) is 0 Å². The summed E-state index contributed by atoms with van der Waals surface area (Å²) in [5.74, 6) is 0.0145. The zero-order valence-electron chi connectivity index (χ0n) is 12.3. The molecule has 2 aromatic rings. The molecule has 0 fully saturated rings. The van der Waals surface area contributed by atoms with Crippen LogP contribution in [-0.4, -0.2) is 19.5 Å². The van der Waals surface area contributed by atoms with Gasteiger partial charge >= 0.3 is 0 Å². The zero-order valence-corrected chi connectivity index (χ0v) is 12.3. The maximum Gasteiger partial charge on any atom is 0.244 e. The third-order valence-corrected chi connectivity index (χ3v) is 3.90.